The molecule has 3 rings (SSSR count). The standard InChI is InChI=1S/C21H16F3N3O/c1-12-18(13-3-7-15(8-4-13)21(22,23)24)17(11-25)20(26)27-19(12)14-5-9-16(28-2)10-6-14/h3-10H,1-2H3,(H2,26,27). The van der Waals surface area contributed by atoms with Gasteiger partial charge in [-0.2, -0.15) is 18.4 Å². The van der Waals surface area contributed by atoms with E-state index < -0.39 is 11.7 Å². The lowest BCUT2D eigenvalue weighted by atomic mass is 9.92. The summed E-state index contributed by atoms with van der Waals surface area (Å²) in [6.45, 7) is 1.76. The van der Waals surface area contributed by atoms with Gasteiger partial charge in [0.25, 0.3) is 0 Å². The van der Waals surface area contributed by atoms with Gasteiger partial charge in [0.2, 0.25) is 0 Å². The molecule has 2 aromatic carbocycles. The highest BCUT2D eigenvalue weighted by molar-refractivity contribution is 5.84. The van der Waals surface area contributed by atoms with Gasteiger partial charge in [-0.3, -0.25) is 0 Å². The lowest BCUT2D eigenvalue weighted by Crippen LogP contribution is -2.05. The first-order valence-corrected chi connectivity index (χ1v) is 8.28. The molecule has 0 aliphatic rings. The van der Waals surface area contributed by atoms with Crippen molar-refractivity contribution in [3.8, 4) is 34.2 Å². The van der Waals surface area contributed by atoms with Crippen molar-refractivity contribution in [2.24, 2.45) is 0 Å². The number of benzene rings is 2. The lowest BCUT2D eigenvalue weighted by molar-refractivity contribution is -0.137. The predicted octanol–water partition coefficient (Wildman–Crippen LogP) is 5.21. The van der Waals surface area contributed by atoms with E-state index in [0.717, 1.165) is 17.7 Å². The van der Waals surface area contributed by atoms with Crippen LogP contribution in [0.4, 0.5) is 19.0 Å². The Bertz CT molecular complexity index is 1050. The average molecular weight is 383 g/mol. The number of nitrogens with two attached hydrogens (primary N) is 1. The molecule has 1 aromatic heterocycles. The summed E-state index contributed by atoms with van der Waals surface area (Å²) in [7, 11) is 1.56. The molecule has 0 spiro atoms. The van der Waals surface area contributed by atoms with E-state index in [1.165, 1.54) is 12.1 Å². The van der Waals surface area contributed by atoms with Gasteiger partial charge in [-0.25, -0.2) is 4.98 Å². The Morgan fingerprint density at radius 3 is 2.07 bits per heavy atom. The van der Waals surface area contributed by atoms with Crippen molar-refractivity contribution in [3.05, 3.63) is 65.2 Å². The zero-order valence-corrected chi connectivity index (χ0v) is 15.1. The Kier molecular flexibility index (Phi) is 4.97. The zero-order chi connectivity index (χ0) is 20.5. The number of nitrogens with zero attached hydrogens (tertiary/aromatic N) is 2. The van der Waals surface area contributed by atoms with Gasteiger partial charge in [-0.15, -0.1) is 0 Å². The predicted molar refractivity (Wildman–Crippen MR) is 101 cm³/mol. The number of hydrogen-bond donors (Lipinski definition) is 1. The number of rotatable bonds is 3. The Balaban J connectivity index is 2.20. The molecule has 142 valence electrons. The quantitative estimate of drug-likeness (QED) is 0.674. The normalized spacial score (nSPS) is 11.1. The molecule has 7 heteroatoms. The molecule has 0 aliphatic carbocycles. The third kappa shape index (κ3) is 3.49. The molecular weight excluding hydrogens is 367 g/mol. The van der Waals surface area contributed by atoms with Crippen LogP contribution in [0.5, 0.6) is 5.75 Å². The van der Waals surface area contributed by atoms with Gasteiger partial charge in [0.05, 0.1) is 18.4 Å². The van der Waals surface area contributed by atoms with Crippen LogP contribution in [0.2, 0.25) is 0 Å². The highest BCUT2D eigenvalue weighted by Gasteiger charge is 2.30. The van der Waals surface area contributed by atoms with E-state index in [-0.39, 0.29) is 11.4 Å². The zero-order valence-electron chi connectivity index (χ0n) is 15.1. The highest BCUT2D eigenvalue weighted by atomic mass is 19.4. The molecule has 0 bridgehead atoms. The smallest absolute Gasteiger partial charge is 0.416 e. The monoisotopic (exact) mass is 383 g/mol. The summed E-state index contributed by atoms with van der Waals surface area (Å²) in [5, 5.41) is 9.53. The maximum atomic E-state index is 12.9. The minimum Gasteiger partial charge on any atom is -0.497 e. The Morgan fingerprint density at radius 2 is 1.57 bits per heavy atom. The van der Waals surface area contributed by atoms with Crippen molar-refractivity contribution >= 4 is 5.82 Å². The summed E-state index contributed by atoms with van der Waals surface area (Å²) in [5.41, 5.74) is 8.25. The topological polar surface area (TPSA) is 71.9 Å². The van der Waals surface area contributed by atoms with E-state index in [1.807, 2.05) is 6.07 Å². The summed E-state index contributed by atoms with van der Waals surface area (Å²) in [5.74, 6) is 0.694. The Hall–Kier alpha value is -3.53. The molecule has 4 nitrogen and oxygen atoms in total. The van der Waals surface area contributed by atoms with Crippen molar-refractivity contribution in [2.45, 2.75) is 13.1 Å². The van der Waals surface area contributed by atoms with Gasteiger partial charge in [0.1, 0.15) is 23.2 Å². The van der Waals surface area contributed by atoms with Crippen LogP contribution in [0.15, 0.2) is 48.5 Å². The summed E-state index contributed by atoms with van der Waals surface area (Å²) in [6.07, 6.45) is -4.43. The molecule has 0 radical (unpaired) electrons. The van der Waals surface area contributed by atoms with Crippen LogP contribution in [-0.2, 0) is 6.18 Å². The molecule has 1 heterocycles. The molecule has 0 amide bonds. The number of alkyl halides is 3. The number of aromatic nitrogens is 1. The van der Waals surface area contributed by atoms with Crippen LogP contribution in [0.25, 0.3) is 22.4 Å². The second kappa shape index (κ2) is 7.24. The maximum absolute atomic E-state index is 12.9. The van der Waals surface area contributed by atoms with E-state index in [1.54, 1.807) is 38.3 Å². The van der Waals surface area contributed by atoms with Crippen molar-refractivity contribution in [1.29, 1.82) is 5.26 Å². The second-order valence-electron chi connectivity index (χ2n) is 6.14. The molecule has 0 saturated carbocycles. The van der Waals surface area contributed by atoms with Crippen LogP contribution < -0.4 is 10.5 Å². The van der Waals surface area contributed by atoms with Gasteiger partial charge in [0, 0.05) is 11.1 Å². The molecule has 0 unspecified atom stereocenters. The molecule has 0 aliphatic heterocycles. The van der Waals surface area contributed by atoms with Crippen LogP contribution in [0.3, 0.4) is 0 Å². The van der Waals surface area contributed by atoms with Crippen LogP contribution in [-0.4, -0.2) is 12.1 Å². The molecule has 3 aromatic rings. The van der Waals surface area contributed by atoms with E-state index in [4.69, 9.17) is 10.5 Å². The lowest BCUT2D eigenvalue weighted by Gasteiger charge is -2.16. The number of pyridine rings is 1. The number of nitrogen functional groups attached to an aromatic ring is 1. The van der Waals surface area contributed by atoms with Gasteiger partial charge >= 0.3 is 6.18 Å². The van der Waals surface area contributed by atoms with Gasteiger partial charge < -0.3 is 10.5 Å². The van der Waals surface area contributed by atoms with Crippen molar-refractivity contribution in [2.75, 3.05) is 12.8 Å². The third-order valence-electron chi connectivity index (χ3n) is 4.44. The molecular formula is C21H16F3N3O. The molecule has 0 saturated heterocycles. The van der Waals surface area contributed by atoms with E-state index in [9.17, 15) is 18.4 Å². The Morgan fingerprint density at radius 1 is 1.00 bits per heavy atom. The number of methoxy groups -OCH3 is 1. The minimum absolute atomic E-state index is 0.0221. The Labute approximate surface area is 160 Å². The van der Waals surface area contributed by atoms with Crippen LogP contribution >= 0.6 is 0 Å². The first-order chi connectivity index (χ1) is 13.3. The summed E-state index contributed by atoms with van der Waals surface area (Å²) >= 11 is 0. The van der Waals surface area contributed by atoms with E-state index >= 15 is 0 Å². The van der Waals surface area contributed by atoms with Gasteiger partial charge in [-0.05, 0) is 54.4 Å². The van der Waals surface area contributed by atoms with E-state index in [0.29, 0.717) is 28.1 Å². The molecule has 0 atom stereocenters. The second-order valence-corrected chi connectivity index (χ2v) is 6.14. The summed E-state index contributed by atoms with van der Waals surface area (Å²) in [6, 6.07) is 13.8. The molecule has 2 N–H and O–H groups in total. The number of hydrogen-bond acceptors (Lipinski definition) is 4. The number of anilines is 1. The van der Waals surface area contributed by atoms with Crippen LogP contribution in [0, 0.1) is 18.3 Å². The first kappa shape index (κ1) is 19.2. The molecule has 28 heavy (non-hydrogen) atoms. The first-order valence-electron chi connectivity index (χ1n) is 8.28. The number of halogens is 3. The summed E-state index contributed by atoms with van der Waals surface area (Å²) in [4.78, 5) is 4.35. The fraction of sp³-hybridized carbons (Fsp3) is 0.143. The SMILES string of the molecule is COc1ccc(-c2nc(N)c(C#N)c(-c3ccc(C(F)(F)F)cc3)c2C)cc1. The van der Waals surface area contributed by atoms with Crippen molar-refractivity contribution in [1.82, 2.24) is 4.98 Å². The summed E-state index contributed by atoms with van der Waals surface area (Å²) < 4.78 is 43.7. The highest BCUT2D eigenvalue weighted by Crippen LogP contribution is 2.37. The van der Waals surface area contributed by atoms with Crippen molar-refractivity contribution in [3.63, 3.8) is 0 Å². The fourth-order valence-corrected chi connectivity index (χ4v) is 3.02. The largest absolute Gasteiger partial charge is 0.497 e. The number of nitriles is 1. The minimum atomic E-state index is -4.43. The van der Waals surface area contributed by atoms with Gasteiger partial charge in [-0.1, -0.05) is 12.1 Å². The number of ether oxygens (including phenoxy) is 1. The average Bonchev–Trinajstić information content (AvgIpc) is 2.68. The van der Waals surface area contributed by atoms with E-state index in [2.05, 4.69) is 4.98 Å². The maximum Gasteiger partial charge on any atom is 0.416 e. The van der Waals surface area contributed by atoms with Crippen molar-refractivity contribution < 1.29 is 17.9 Å². The fourth-order valence-electron chi connectivity index (χ4n) is 3.02. The van der Waals surface area contributed by atoms with Crippen LogP contribution in [0.1, 0.15) is 16.7 Å². The van der Waals surface area contributed by atoms with Gasteiger partial charge in [0.15, 0.2) is 0 Å². The third-order valence-corrected chi connectivity index (χ3v) is 4.44. The molecule has 0 fully saturated rings.